The van der Waals surface area contributed by atoms with Crippen molar-refractivity contribution in [3.8, 4) is 6.19 Å². The highest BCUT2D eigenvalue weighted by Gasteiger charge is 2.35. The maximum Gasteiger partial charge on any atom is 0.250 e. The van der Waals surface area contributed by atoms with Crippen LogP contribution < -0.4 is 5.32 Å². The molecule has 0 aromatic heterocycles. The number of likely N-dealkylation sites (tertiary alicyclic amines) is 1. The van der Waals surface area contributed by atoms with Crippen LogP contribution in [0.25, 0.3) is 0 Å². The largest absolute Gasteiger partial charge is 0.289 e. The van der Waals surface area contributed by atoms with Crippen molar-refractivity contribution in [2.45, 2.75) is 32.4 Å². The summed E-state index contributed by atoms with van der Waals surface area (Å²) in [5.74, 6) is -0.169. The Balaban J connectivity index is 2.44. The zero-order valence-electron chi connectivity index (χ0n) is 7.37. The minimum atomic E-state index is -0.169. The summed E-state index contributed by atoms with van der Waals surface area (Å²) in [4.78, 5) is 13.2. The van der Waals surface area contributed by atoms with Crippen LogP contribution in [0.15, 0.2) is 0 Å². The number of carbonyl (C=O) groups excluding carboxylic acids is 1. The van der Waals surface area contributed by atoms with Gasteiger partial charge >= 0.3 is 0 Å². The van der Waals surface area contributed by atoms with Crippen LogP contribution in [0.2, 0.25) is 0 Å². The maximum atomic E-state index is 11.2. The molecule has 1 aliphatic rings. The lowest BCUT2D eigenvalue weighted by atomic mass is 10.00. The van der Waals surface area contributed by atoms with Gasteiger partial charge in [-0.3, -0.25) is 15.0 Å². The Morgan fingerprint density at radius 2 is 2.42 bits per heavy atom. The van der Waals surface area contributed by atoms with Crippen molar-refractivity contribution in [3.63, 3.8) is 0 Å². The summed E-state index contributed by atoms with van der Waals surface area (Å²) in [5.41, 5.74) is 0. The molecule has 1 heterocycles. The molecule has 0 aromatic rings. The number of nitrogens with one attached hydrogen (secondary N) is 1. The van der Waals surface area contributed by atoms with Crippen molar-refractivity contribution in [2.75, 3.05) is 6.54 Å². The molecule has 1 N–H and O–H groups in total. The molecule has 0 spiro atoms. The lowest BCUT2D eigenvalue weighted by Gasteiger charge is -2.42. The third-order valence-corrected chi connectivity index (χ3v) is 2.21. The fourth-order valence-electron chi connectivity index (χ4n) is 1.45. The van der Waals surface area contributed by atoms with E-state index in [4.69, 9.17) is 5.26 Å². The quantitative estimate of drug-likeness (QED) is 0.467. The van der Waals surface area contributed by atoms with Crippen LogP contribution in [0.5, 0.6) is 0 Å². The number of hydrogen-bond donors (Lipinski definition) is 1. The van der Waals surface area contributed by atoms with E-state index in [0.717, 1.165) is 13.0 Å². The van der Waals surface area contributed by atoms with E-state index in [1.165, 1.54) is 0 Å². The first-order valence-corrected chi connectivity index (χ1v) is 4.11. The van der Waals surface area contributed by atoms with Gasteiger partial charge in [-0.25, -0.2) is 0 Å². The van der Waals surface area contributed by atoms with E-state index >= 15 is 0 Å². The molecular formula is C8H13N3O. The number of hydrogen-bond acceptors (Lipinski definition) is 3. The molecule has 1 atom stereocenters. The Morgan fingerprint density at radius 1 is 1.75 bits per heavy atom. The van der Waals surface area contributed by atoms with Crippen LogP contribution in [-0.4, -0.2) is 29.4 Å². The van der Waals surface area contributed by atoms with E-state index in [-0.39, 0.29) is 11.9 Å². The first-order valence-electron chi connectivity index (χ1n) is 4.11. The molecular weight excluding hydrogens is 154 g/mol. The third-order valence-electron chi connectivity index (χ3n) is 2.21. The highest BCUT2D eigenvalue weighted by Crippen LogP contribution is 2.19. The molecule has 1 amide bonds. The topological polar surface area (TPSA) is 56.1 Å². The molecule has 1 fully saturated rings. The van der Waals surface area contributed by atoms with Crippen molar-refractivity contribution in [2.24, 2.45) is 0 Å². The van der Waals surface area contributed by atoms with E-state index in [0.29, 0.717) is 6.04 Å². The van der Waals surface area contributed by atoms with Gasteiger partial charge in [-0.15, -0.1) is 0 Å². The highest BCUT2D eigenvalue weighted by molar-refractivity contribution is 5.83. The number of nitriles is 1. The van der Waals surface area contributed by atoms with Gasteiger partial charge in [0, 0.05) is 12.6 Å². The molecule has 0 radical (unpaired) electrons. The molecule has 1 aliphatic heterocycles. The first-order chi connectivity index (χ1) is 5.66. The Kier molecular flexibility index (Phi) is 2.66. The summed E-state index contributed by atoms with van der Waals surface area (Å²) in [6.07, 6.45) is 2.52. The Bertz CT molecular complexity index is 219. The fraction of sp³-hybridized carbons (Fsp3) is 0.750. The van der Waals surface area contributed by atoms with Gasteiger partial charge in [0.2, 0.25) is 5.91 Å². The van der Waals surface area contributed by atoms with Gasteiger partial charge in [-0.2, -0.15) is 5.26 Å². The first kappa shape index (κ1) is 9.01. The fourth-order valence-corrected chi connectivity index (χ4v) is 1.45. The van der Waals surface area contributed by atoms with Crippen LogP contribution in [0.3, 0.4) is 0 Å². The second-order valence-corrected chi connectivity index (χ2v) is 3.24. The van der Waals surface area contributed by atoms with E-state index in [2.05, 4.69) is 10.2 Å². The van der Waals surface area contributed by atoms with Gasteiger partial charge in [-0.05, 0) is 20.3 Å². The Morgan fingerprint density at radius 3 is 2.75 bits per heavy atom. The minimum absolute atomic E-state index is 0.0790. The molecule has 0 bridgehead atoms. The van der Waals surface area contributed by atoms with Crippen LogP contribution in [0.4, 0.5) is 0 Å². The molecule has 1 saturated heterocycles. The molecule has 0 unspecified atom stereocenters. The predicted molar refractivity (Wildman–Crippen MR) is 44.0 cm³/mol. The van der Waals surface area contributed by atoms with E-state index in [1.807, 2.05) is 13.8 Å². The molecule has 12 heavy (non-hydrogen) atoms. The van der Waals surface area contributed by atoms with E-state index in [1.54, 1.807) is 6.19 Å². The molecule has 4 heteroatoms. The van der Waals surface area contributed by atoms with E-state index in [9.17, 15) is 4.79 Å². The number of nitrogens with zero attached hydrogens (tertiary/aromatic N) is 2. The monoisotopic (exact) mass is 167 g/mol. The highest BCUT2D eigenvalue weighted by atomic mass is 16.2. The zero-order chi connectivity index (χ0) is 9.14. The SMILES string of the molecule is CC(C)N1CC[C@H]1C(=O)NC#N. The van der Waals surface area contributed by atoms with Crippen LogP contribution in [0.1, 0.15) is 20.3 Å². The van der Waals surface area contributed by atoms with Crippen LogP contribution in [0, 0.1) is 11.5 Å². The standard InChI is InChI=1S/C8H13N3O/c1-6(2)11-4-3-7(11)8(12)10-5-9/h6-7H,3-4H2,1-2H3,(H,10,12)/t7-/m0/s1. The molecule has 4 nitrogen and oxygen atoms in total. The molecule has 0 saturated carbocycles. The predicted octanol–water partition coefficient (Wildman–Crippen LogP) is 0.0664. The number of carbonyl (C=O) groups is 1. The van der Waals surface area contributed by atoms with Gasteiger partial charge < -0.3 is 0 Å². The Labute approximate surface area is 72.2 Å². The normalized spacial score (nSPS) is 23.0. The summed E-state index contributed by atoms with van der Waals surface area (Å²) in [6.45, 7) is 5.05. The van der Waals surface area contributed by atoms with Crippen LogP contribution in [-0.2, 0) is 4.79 Å². The lowest BCUT2D eigenvalue weighted by Crippen LogP contribution is -2.57. The number of amides is 1. The summed E-state index contributed by atoms with van der Waals surface area (Å²) in [6, 6.07) is 0.304. The second kappa shape index (κ2) is 3.55. The van der Waals surface area contributed by atoms with Crippen molar-refractivity contribution in [1.82, 2.24) is 10.2 Å². The van der Waals surface area contributed by atoms with Crippen molar-refractivity contribution in [3.05, 3.63) is 0 Å². The molecule has 0 aromatic carbocycles. The van der Waals surface area contributed by atoms with Gasteiger partial charge in [0.05, 0.1) is 6.04 Å². The van der Waals surface area contributed by atoms with Gasteiger partial charge in [0.25, 0.3) is 0 Å². The summed E-state index contributed by atoms with van der Waals surface area (Å²) in [7, 11) is 0. The van der Waals surface area contributed by atoms with Crippen molar-refractivity contribution in [1.29, 1.82) is 5.26 Å². The summed E-state index contributed by atoms with van der Waals surface area (Å²) in [5, 5.41) is 10.4. The molecule has 1 rings (SSSR count). The second-order valence-electron chi connectivity index (χ2n) is 3.24. The smallest absolute Gasteiger partial charge is 0.250 e. The van der Waals surface area contributed by atoms with Crippen LogP contribution >= 0.6 is 0 Å². The summed E-state index contributed by atoms with van der Waals surface area (Å²) >= 11 is 0. The minimum Gasteiger partial charge on any atom is -0.289 e. The number of rotatable bonds is 2. The third kappa shape index (κ3) is 1.56. The lowest BCUT2D eigenvalue weighted by molar-refractivity contribution is -0.130. The summed E-state index contributed by atoms with van der Waals surface area (Å²) < 4.78 is 0. The van der Waals surface area contributed by atoms with E-state index < -0.39 is 0 Å². The average Bonchev–Trinajstić information content (AvgIpc) is 1.82. The Hall–Kier alpha value is -1.08. The van der Waals surface area contributed by atoms with Crippen molar-refractivity contribution < 1.29 is 4.79 Å². The molecule has 0 aliphatic carbocycles. The van der Waals surface area contributed by atoms with Gasteiger partial charge in [-0.1, -0.05) is 0 Å². The van der Waals surface area contributed by atoms with Crippen molar-refractivity contribution >= 4 is 5.91 Å². The van der Waals surface area contributed by atoms with Gasteiger partial charge in [0.1, 0.15) is 0 Å². The molecule has 66 valence electrons. The van der Waals surface area contributed by atoms with Gasteiger partial charge in [0.15, 0.2) is 6.19 Å². The zero-order valence-corrected chi connectivity index (χ0v) is 7.37. The average molecular weight is 167 g/mol. The maximum absolute atomic E-state index is 11.2.